The lowest BCUT2D eigenvalue weighted by Crippen LogP contribution is -2.58. The van der Waals surface area contributed by atoms with Gasteiger partial charge in [-0.05, 0) is 51.0 Å². The number of imidazole rings is 1. The fraction of sp³-hybridized carbons (Fsp3) is 0.333. The molecule has 0 unspecified atom stereocenters. The number of halogens is 2. The van der Waals surface area contributed by atoms with Gasteiger partial charge in [0, 0.05) is 43.5 Å². The predicted octanol–water partition coefficient (Wildman–Crippen LogP) is 4.63. The normalized spacial score (nSPS) is 17.0. The number of piperazine rings is 1. The third-order valence-corrected chi connectivity index (χ3v) is 8.63. The number of anilines is 2. The van der Waals surface area contributed by atoms with Crippen LogP contribution in [0.1, 0.15) is 44.9 Å². The van der Waals surface area contributed by atoms with Gasteiger partial charge in [0.2, 0.25) is 5.91 Å². The van der Waals surface area contributed by atoms with Gasteiger partial charge in [-0.25, -0.2) is 33.1 Å². The van der Waals surface area contributed by atoms with E-state index in [0.29, 0.717) is 35.6 Å². The van der Waals surface area contributed by atoms with Gasteiger partial charge in [0.15, 0.2) is 17.1 Å². The zero-order valence-electron chi connectivity index (χ0n) is 26.5. The van der Waals surface area contributed by atoms with E-state index in [4.69, 9.17) is 10.7 Å². The molecule has 0 saturated carbocycles. The Morgan fingerprint density at radius 3 is 2.50 bits per heavy atom. The summed E-state index contributed by atoms with van der Waals surface area (Å²) in [6, 6.07) is 4.72. The zero-order chi connectivity index (χ0) is 33.2. The van der Waals surface area contributed by atoms with Gasteiger partial charge in [-0.15, -0.1) is 0 Å². The number of carbonyl (C=O) groups is 1. The zero-order valence-corrected chi connectivity index (χ0v) is 26.5. The number of nitrogens with zero attached hydrogens (tertiary/aromatic N) is 8. The van der Waals surface area contributed by atoms with Crippen LogP contribution in [-0.4, -0.2) is 65.1 Å². The number of pyridine rings is 2. The fourth-order valence-electron chi connectivity index (χ4n) is 6.43. The second-order valence-electron chi connectivity index (χ2n) is 12.1. The Balaban J connectivity index is 1.71. The molecule has 5 aromatic rings. The molecular formula is C33H35F2N9O2. The highest BCUT2D eigenvalue weighted by atomic mass is 19.1. The summed E-state index contributed by atoms with van der Waals surface area (Å²) in [4.78, 5) is 48.9. The molecule has 6 rings (SSSR count). The number of fused-ring (bicyclic) bond motifs is 2. The molecule has 1 amide bonds. The number of nitrogen functional groups attached to an aromatic ring is 1. The minimum atomic E-state index is -0.835. The van der Waals surface area contributed by atoms with Crippen LogP contribution in [0.2, 0.25) is 0 Å². The first kappa shape index (κ1) is 30.8. The van der Waals surface area contributed by atoms with Crippen molar-refractivity contribution in [1.29, 1.82) is 0 Å². The van der Waals surface area contributed by atoms with Crippen molar-refractivity contribution in [1.82, 2.24) is 34.0 Å². The molecule has 46 heavy (non-hydrogen) atoms. The van der Waals surface area contributed by atoms with E-state index in [1.165, 1.54) is 34.9 Å². The molecule has 238 valence electrons. The lowest BCUT2D eigenvalue weighted by Gasteiger charge is -2.44. The van der Waals surface area contributed by atoms with Crippen molar-refractivity contribution >= 4 is 39.6 Å². The van der Waals surface area contributed by atoms with Gasteiger partial charge in [-0.3, -0.25) is 4.79 Å². The second kappa shape index (κ2) is 11.3. The van der Waals surface area contributed by atoms with Crippen molar-refractivity contribution in [2.75, 3.05) is 23.7 Å². The van der Waals surface area contributed by atoms with Crippen molar-refractivity contribution in [3.05, 3.63) is 76.6 Å². The SMILES string of the molecule is C=CC(=O)N1C[C@H](C)N(c2nc(=O)n(-c3c(C)nc4c(ncn4C)c3C(C)C)c3nc(-c4c(N)cccc4F)c(F)cc23)C[C@H]1C. The van der Waals surface area contributed by atoms with Gasteiger partial charge in [-0.1, -0.05) is 26.5 Å². The van der Waals surface area contributed by atoms with Gasteiger partial charge in [0.05, 0.1) is 28.7 Å². The number of rotatable bonds is 5. The number of amides is 1. The molecule has 1 aliphatic heterocycles. The maximum absolute atomic E-state index is 16.1. The molecule has 2 N–H and O–H groups in total. The number of nitrogens with two attached hydrogens (primary N) is 1. The Morgan fingerprint density at radius 1 is 1.09 bits per heavy atom. The largest absolute Gasteiger partial charge is 0.398 e. The Labute approximate surface area is 264 Å². The average molecular weight is 628 g/mol. The third-order valence-electron chi connectivity index (χ3n) is 8.63. The maximum Gasteiger partial charge on any atom is 0.355 e. The summed E-state index contributed by atoms with van der Waals surface area (Å²) in [5, 5.41) is 0.230. The first-order valence-electron chi connectivity index (χ1n) is 15.0. The van der Waals surface area contributed by atoms with Crippen molar-refractivity contribution in [2.24, 2.45) is 7.05 Å². The third kappa shape index (κ3) is 4.77. The van der Waals surface area contributed by atoms with Gasteiger partial charge in [0.25, 0.3) is 0 Å². The smallest absolute Gasteiger partial charge is 0.355 e. The Kier molecular flexibility index (Phi) is 7.57. The minimum Gasteiger partial charge on any atom is -0.398 e. The van der Waals surface area contributed by atoms with E-state index in [0.717, 1.165) is 5.56 Å². The predicted molar refractivity (Wildman–Crippen MR) is 174 cm³/mol. The van der Waals surface area contributed by atoms with E-state index in [9.17, 15) is 9.59 Å². The van der Waals surface area contributed by atoms with E-state index < -0.39 is 17.3 Å². The van der Waals surface area contributed by atoms with E-state index in [2.05, 4.69) is 21.5 Å². The van der Waals surface area contributed by atoms with Crippen LogP contribution in [0.4, 0.5) is 20.3 Å². The van der Waals surface area contributed by atoms with Crippen LogP contribution in [0, 0.1) is 18.6 Å². The summed E-state index contributed by atoms with van der Waals surface area (Å²) < 4.78 is 34.4. The molecule has 5 heterocycles. The van der Waals surface area contributed by atoms with Crippen LogP contribution in [0.25, 0.3) is 39.1 Å². The maximum atomic E-state index is 16.1. The Morgan fingerprint density at radius 2 is 1.83 bits per heavy atom. The van der Waals surface area contributed by atoms with E-state index in [1.807, 2.05) is 39.6 Å². The molecule has 1 aromatic carbocycles. The summed E-state index contributed by atoms with van der Waals surface area (Å²) in [5.74, 6) is -1.71. The summed E-state index contributed by atoms with van der Waals surface area (Å²) >= 11 is 0. The van der Waals surface area contributed by atoms with Gasteiger partial charge in [-0.2, -0.15) is 4.98 Å². The van der Waals surface area contributed by atoms with Crippen molar-refractivity contribution in [3.63, 3.8) is 0 Å². The molecular weight excluding hydrogens is 592 g/mol. The fourth-order valence-corrected chi connectivity index (χ4v) is 6.43. The van der Waals surface area contributed by atoms with Gasteiger partial charge in [0.1, 0.15) is 22.8 Å². The van der Waals surface area contributed by atoms with Crippen LogP contribution >= 0.6 is 0 Å². The first-order valence-corrected chi connectivity index (χ1v) is 15.0. The van der Waals surface area contributed by atoms with Crippen molar-refractivity contribution in [2.45, 2.75) is 52.6 Å². The summed E-state index contributed by atoms with van der Waals surface area (Å²) in [5.41, 5.74) is 7.86. The topological polar surface area (TPSA) is 128 Å². The van der Waals surface area contributed by atoms with Crippen LogP contribution in [0.15, 0.2) is 48.0 Å². The standard InChI is InChI=1S/C33H35F2N9O2/c1-8-24(45)42-13-18(5)43(14-17(42)4)30-20-12-22(35)27(26-21(34)10-9-11-23(26)36)39-31(20)44(33(46)40-30)29-19(6)38-32-28(25(29)16(2)3)37-15-41(32)7/h8-12,15-18H,1,13-14,36H2,2-7H3/t17-,18+/m1/s1. The summed E-state index contributed by atoms with van der Waals surface area (Å²) in [6.07, 6.45) is 2.92. The number of carbonyl (C=O) groups excluding carboxylic acids is 1. The number of aromatic nitrogens is 6. The van der Waals surface area contributed by atoms with Gasteiger partial charge >= 0.3 is 5.69 Å². The summed E-state index contributed by atoms with van der Waals surface area (Å²) in [7, 11) is 1.84. The molecule has 0 bridgehead atoms. The highest BCUT2D eigenvalue weighted by Gasteiger charge is 2.34. The highest BCUT2D eigenvalue weighted by Crippen LogP contribution is 2.37. The number of aryl methyl sites for hydroxylation is 2. The quantitative estimate of drug-likeness (QED) is 0.221. The van der Waals surface area contributed by atoms with Crippen LogP contribution in [0.5, 0.6) is 0 Å². The molecule has 1 saturated heterocycles. The number of benzene rings is 1. The highest BCUT2D eigenvalue weighted by molar-refractivity contribution is 5.93. The Hall–Kier alpha value is -5.20. The lowest BCUT2D eigenvalue weighted by atomic mass is 9.99. The molecule has 13 heteroatoms. The van der Waals surface area contributed by atoms with E-state index in [-0.39, 0.29) is 57.7 Å². The first-order chi connectivity index (χ1) is 21.8. The molecule has 0 aliphatic carbocycles. The van der Waals surface area contributed by atoms with Crippen LogP contribution in [-0.2, 0) is 11.8 Å². The number of hydrogen-bond donors (Lipinski definition) is 1. The molecule has 1 fully saturated rings. The lowest BCUT2D eigenvalue weighted by molar-refractivity contribution is -0.128. The molecule has 11 nitrogen and oxygen atoms in total. The monoisotopic (exact) mass is 627 g/mol. The summed E-state index contributed by atoms with van der Waals surface area (Å²) in [6.45, 7) is 13.8. The number of hydrogen-bond acceptors (Lipinski definition) is 8. The molecule has 0 radical (unpaired) electrons. The molecule has 2 atom stereocenters. The average Bonchev–Trinajstić information content (AvgIpc) is 3.36. The molecule has 4 aromatic heterocycles. The van der Waals surface area contributed by atoms with E-state index >= 15 is 8.78 Å². The van der Waals surface area contributed by atoms with Crippen molar-refractivity contribution < 1.29 is 13.6 Å². The van der Waals surface area contributed by atoms with Crippen LogP contribution in [0.3, 0.4) is 0 Å². The van der Waals surface area contributed by atoms with Crippen LogP contribution < -0.4 is 16.3 Å². The second-order valence-corrected chi connectivity index (χ2v) is 12.1. The minimum absolute atomic E-state index is 0.00463. The van der Waals surface area contributed by atoms with Crippen molar-refractivity contribution in [3.8, 4) is 16.9 Å². The van der Waals surface area contributed by atoms with E-state index in [1.54, 1.807) is 22.7 Å². The molecule has 0 spiro atoms. The molecule has 1 aliphatic rings. The van der Waals surface area contributed by atoms with Gasteiger partial charge < -0.3 is 20.1 Å². The Bertz CT molecular complexity index is 2100.